The van der Waals surface area contributed by atoms with Gasteiger partial charge in [-0.2, -0.15) is 0 Å². The van der Waals surface area contributed by atoms with Crippen LogP contribution in [0.5, 0.6) is 0 Å². The van der Waals surface area contributed by atoms with Crippen LogP contribution in [-0.4, -0.2) is 148 Å². The first-order chi connectivity index (χ1) is 62.4. The second-order valence-corrected chi connectivity index (χ2v) is 60.1. The number of nitrogens with one attached hydrogen (secondary N) is 1. The Labute approximate surface area is 811 Å². The van der Waals surface area contributed by atoms with Crippen molar-refractivity contribution in [3.8, 4) is 52.9 Å². The molecule has 5 aliphatic carbocycles. The number of anilines is 5. The number of rotatable bonds is 24. The number of aryl methyl sites for hydroxylation is 5. The van der Waals surface area contributed by atoms with Gasteiger partial charge in [-0.15, -0.1) is 56.7 Å². The minimum atomic E-state index is -1.90. The highest BCUT2D eigenvalue weighted by Gasteiger charge is 2.45. The molecule has 0 radical (unpaired) electrons. The molecular formula is C102H142N10O13S5Si3. The third-order valence-electron chi connectivity index (χ3n) is 27.3. The molecule has 720 valence electrons. The lowest BCUT2D eigenvalue weighted by Gasteiger charge is -2.40. The molecule has 9 unspecified atom stereocenters. The van der Waals surface area contributed by atoms with Gasteiger partial charge in [-0.05, 0) is 299 Å². The van der Waals surface area contributed by atoms with E-state index in [2.05, 4.69) is 135 Å². The molecule has 0 spiro atoms. The number of fused-ring (bicyclic) bond motifs is 5. The fourth-order valence-electron chi connectivity index (χ4n) is 16.1. The molecule has 5 aromatic heterocycles. The number of amides is 3. The van der Waals surface area contributed by atoms with Crippen LogP contribution in [-0.2, 0) is 59.8 Å². The molecule has 5 aliphatic rings. The fraction of sp³-hybridized carbons (Fsp3) is 0.520. The summed E-state index contributed by atoms with van der Waals surface area (Å²) in [4.78, 5) is 82.0. The third-order valence-corrected chi connectivity index (χ3v) is 46.9. The summed E-state index contributed by atoms with van der Waals surface area (Å²) < 4.78 is 20.3. The van der Waals surface area contributed by atoms with Crippen molar-refractivity contribution >= 4 is 135 Å². The van der Waals surface area contributed by atoms with E-state index in [1.807, 2.05) is 94.8 Å². The zero-order valence-corrected chi connectivity index (χ0v) is 89.9. The van der Waals surface area contributed by atoms with Crippen LogP contribution >= 0.6 is 56.7 Å². The van der Waals surface area contributed by atoms with E-state index in [0.29, 0.717) is 11.3 Å². The Balaban J connectivity index is 0.000000161. The third kappa shape index (κ3) is 24.9. The van der Waals surface area contributed by atoms with Crippen molar-refractivity contribution in [3.05, 3.63) is 172 Å². The van der Waals surface area contributed by atoms with E-state index in [4.69, 9.17) is 33.2 Å². The first-order valence-electron chi connectivity index (χ1n) is 46.6. The molecule has 133 heavy (non-hydrogen) atoms. The SMILES string of the molecule is CC(=O)c1cc(N(C)C=O)ccc1-c1nc2c(s1)C(O[Si](C)(C)C(C)(C)C)CCC2.CC(O)c1cc(N(C)C)ccc1-c1nc2c(s1)C(O[Si](C)(C)C(C)(C)C)CCC2.CC(O)c1cc(N(C)C=O)ccc1-c1nc2c(s1)C(O)CCC2.CC(O)c1cc(N(C)C=O)ccc1-c1nc2c(s1)C(O[Si](C)(C)C(C)(C)C)CCC2.CNc1ccc(-c2nc3c(s2)C(O)CCC3)c(C(C)O)c1. The predicted octanol–water partition coefficient (Wildman–Crippen LogP) is 24.3. The highest BCUT2D eigenvalue weighted by molar-refractivity contribution is 7.16. The van der Waals surface area contributed by atoms with Gasteiger partial charge in [0, 0.05) is 104 Å². The smallest absolute Gasteiger partial charge is 0.213 e. The molecule has 9 atom stereocenters. The summed E-state index contributed by atoms with van der Waals surface area (Å²) in [5.41, 5.74) is 18.2. The molecule has 10 aromatic rings. The Morgan fingerprint density at radius 2 is 0.654 bits per heavy atom. The number of ketones is 1. The van der Waals surface area contributed by atoms with E-state index < -0.39 is 55.5 Å². The summed E-state index contributed by atoms with van der Waals surface area (Å²) in [7, 11) is 5.33. The number of Topliss-reactive ketones (excluding diaryl/α,β-unsaturated/α-hetero) is 1. The van der Waals surface area contributed by atoms with Gasteiger partial charge >= 0.3 is 0 Å². The van der Waals surface area contributed by atoms with Crippen LogP contribution in [0.25, 0.3) is 52.9 Å². The quantitative estimate of drug-likeness (QED) is 0.0168. The lowest BCUT2D eigenvalue weighted by atomic mass is 10.00. The van der Waals surface area contributed by atoms with Crippen molar-refractivity contribution in [1.29, 1.82) is 0 Å². The van der Waals surface area contributed by atoms with Gasteiger partial charge in [-0.25, -0.2) is 24.9 Å². The van der Waals surface area contributed by atoms with Gasteiger partial charge in [-0.1, -0.05) is 62.3 Å². The number of hydrogen-bond acceptors (Lipinski definition) is 25. The Morgan fingerprint density at radius 1 is 0.398 bits per heavy atom. The van der Waals surface area contributed by atoms with Crippen molar-refractivity contribution in [2.45, 2.75) is 303 Å². The van der Waals surface area contributed by atoms with Crippen LogP contribution in [0.3, 0.4) is 0 Å². The number of aliphatic hydroxyl groups is 6. The highest BCUT2D eigenvalue weighted by Crippen LogP contribution is 2.52. The molecule has 5 aromatic carbocycles. The standard InChI is InChI=1S/C23H34N2O3SSi.C23H32N2O3SSi.C23H36N2O2SSi.C17H20N2O3S.C16H20N2O2S/c2*1-15(27)18-13-16(25(5)14-26)11-12-17(18)22-24-19-9-8-10-20(21(19)29-22)28-30(6,7)23(2,3)4;1-15(26)18-14-16(25(5)6)12-13-17(18)22-24-19-10-9-11-20(21(19)28-22)27-29(7,8)23(2,3)4;1-10(21)13-8-11(19(2)9-20)6-7-12(13)17-18-14-4-3-5-15(22)16(14)23-17;1-9(19)12-8-10(17-2)6-7-11(12)16-18-13-4-3-5-14(20)15(13)21-16/h11-15,20,27H,8-10H2,1-7H3;11-14,20H,8-10H2,1-7H3;12-15,20,26H,9-11H2,1-8H3;6-10,15,21-22H,3-5H2,1-2H3;6-9,14,17,19-20H,3-5H2,1-2H3. The molecule has 31 heteroatoms. The molecule has 0 saturated heterocycles. The molecule has 0 fully saturated rings. The largest absolute Gasteiger partial charge is 0.409 e. The van der Waals surface area contributed by atoms with Crippen molar-refractivity contribution < 1.29 is 63.1 Å². The summed E-state index contributed by atoms with van der Waals surface area (Å²) in [6.07, 6.45) is 14.1. The second kappa shape index (κ2) is 43.9. The molecule has 23 nitrogen and oxygen atoms in total. The topological polar surface area (TPSA) is 307 Å². The molecule has 0 aliphatic heterocycles. The molecular weight excluding hydrogens is 1820 g/mol. The van der Waals surface area contributed by atoms with E-state index in [9.17, 15) is 49.8 Å². The zero-order valence-electron chi connectivity index (χ0n) is 82.8. The van der Waals surface area contributed by atoms with Crippen LogP contribution < -0.4 is 24.9 Å². The van der Waals surface area contributed by atoms with Crippen LogP contribution in [0.2, 0.25) is 54.4 Å². The number of aliphatic hydroxyl groups excluding tert-OH is 6. The van der Waals surface area contributed by atoms with E-state index in [0.717, 1.165) is 246 Å². The molecule has 0 saturated carbocycles. The monoisotopic (exact) mass is 1960 g/mol. The normalized spacial score (nSPS) is 18.1. The van der Waals surface area contributed by atoms with E-state index in [1.54, 1.807) is 100 Å². The number of aromatic nitrogens is 5. The average molecular weight is 1960 g/mol. The van der Waals surface area contributed by atoms with Gasteiger partial charge in [0.15, 0.2) is 30.7 Å². The molecule has 15 rings (SSSR count). The first-order valence-corrected chi connectivity index (χ1v) is 59.4. The number of benzene rings is 5. The van der Waals surface area contributed by atoms with Crippen molar-refractivity contribution in [1.82, 2.24) is 24.9 Å². The Bertz CT molecular complexity index is 5720. The number of nitrogens with zero attached hydrogens (tertiary/aromatic N) is 9. The molecule has 3 amide bonds. The summed E-state index contributed by atoms with van der Waals surface area (Å²) in [6, 6.07) is 29.0. The van der Waals surface area contributed by atoms with Crippen LogP contribution in [0, 0.1) is 0 Å². The van der Waals surface area contributed by atoms with E-state index in [-0.39, 0.29) is 45.3 Å². The van der Waals surface area contributed by atoms with Crippen molar-refractivity contribution in [3.63, 3.8) is 0 Å². The maximum absolute atomic E-state index is 12.4. The van der Waals surface area contributed by atoms with Gasteiger partial charge in [-0.3, -0.25) is 19.2 Å². The average Bonchev–Trinajstić information content (AvgIpc) is 1.62. The van der Waals surface area contributed by atoms with E-state index in [1.165, 1.54) is 46.4 Å². The maximum atomic E-state index is 12.4. The van der Waals surface area contributed by atoms with Gasteiger partial charge in [0.25, 0.3) is 0 Å². The Hall–Kier alpha value is -7.78. The van der Waals surface area contributed by atoms with Crippen molar-refractivity contribution in [2.75, 3.05) is 67.2 Å². The van der Waals surface area contributed by atoms with Gasteiger partial charge in [0.2, 0.25) is 19.2 Å². The van der Waals surface area contributed by atoms with Gasteiger partial charge in [0.1, 0.15) is 25.0 Å². The Kier molecular flexibility index (Phi) is 34.9. The van der Waals surface area contributed by atoms with Crippen LogP contribution in [0.1, 0.15) is 302 Å². The fourth-order valence-corrected chi connectivity index (χ4v) is 26.3. The zero-order chi connectivity index (χ0) is 97.6. The van der Waals surface area contributed by atoms with E-state index >= 15 is 0 Å². The molecule has 5 heterocycles. The summed E-state index contributed by atoms with van der Waals surface area (Å²) >= 11 is 8.14. The predicted molar refractivity (Wildman–Crippen MR) is 555 cm³/mol. The maximum Gasteiger partial charge on any atom is 0.213 e. The number of hydrogen-bond donors (Lipinski definition) is 7. The van der Waals surface area contributed by atoms with Crippen molar-refractivity contribution in [2.24, 2.45) is 0 Å². The minimum Gasteiger partial charge on any atom is -0.409 e. The number of carbonyl (C=O) groups excluding carboxylic acids is 4. The van der Waals surface area contributed by atoms with Gasteiger partial charge in [0.05, 0.1) is 108 Å². The van der Waals surface area contributed by atoms with Crippen LogP contribution in [0.4, 0.5) is 28.4 Å². The van der Waals surface area contributed by atoms with Crippen LogP contribution in [0.15, 0.2) is 91.0 Å². The summed E-state index contributed by atoms with van der Waals surface area (Å²) in [5.74, 6) is -0.0339. The summed E-state index contributed by atoms with van der Waals surface area (Å²) in [5, 5.41) is 69.3. The molecule has 0 bridgehead atoms. The Morgan fingerprint density at radius 3 is 0.932 bits per heavy atom. The number of thiazole rings is 5. The van der Waals surface area contributed by atoms with Gasteiger partial charge < -0.3 is 68.8 Å². The second-order valence-electron chi connectivity index (χ2n) is 40.6. The lowest BCUT2D eigenvalue weighted by molar-refractivity contribution is -0.107. The number of carbonyl (C=O) groups is 4. The lowest BCUT2D eigenvalue weighted by Crippen LogP contribution is -2.42. The first kappa shape index (κ1) is 106. The minimum absolute atomic E-state index is 0.0339. The molecule has 7 N–H and O–H groups in total. The summed E-state index contributed by atoms with van der Waals surface area (Å²) in [6.45, 7) is 42.9. The highest BCUT2D eigenvalue weighted by atomic mass is 32.1.